The van der Waals surface area contributed by atoms with E-state index in [1.165, 1.54) is 0 Å². The molecule has 3 heteroatoms. The van der Waals surface area contributed by atoms with Gasteiger partial charge in [-0.15, -0.1) is 0 Å². The number of nitriles is 1. The highest BCUT2D eigenvalue weighted by Crippen LogP contribution is 2.58. The van der Waals surface area contributed by atoms with Crippen LogP contribution in [-0.4, -0.2) is 5.54 Å². The first-order valence-electron chi connectivity index (χ1n) is 6.06. The molecule has 1 aromatic carbocycles. The topological polar surface area (TPSA) is 49.8 Å². The molecule has 0 saturated heterocycles. The van der Waals surface area contributed by atoms with Gasteiger partial charge in [-0.3, -0.25) is 0 Å². The molecule has 2 N–H and O–H groups in total. The quantitative estimate of drug-likeness (QED) is 0.828. The molecule has 2 nitrogen and oxygen atoms in total. The third-order valence-electron chi connectivity index (χ3n) is 4.38. The van der Waals surface area contributed by atoms with Gasteiger partial charge in [0.05, 0.1) is 11.6 Å². The van der Waals surface area contributed by atoms with Gasteiger partial charge in [-0.1, -0.05) is 18.0 Å². The number of fused-ring (bicyclic) bond motifs is 2. The Balaban J connectivity index is 2.05. The van der Waals surface area contributed by atoms with Crippen LogP contribution in [0, 0.1) is 11.3 Å². The van der Waals surface area contributed by atoms with Crippen molar-refractivity contribution < 1.29 is 0 Å². The Labute approximate surface area is 106 Å². The van der Waals surface area contributed by atoms with Crippen molar-refractivity contribution in [3.05, 3.63) is 34.3 Å². The predicted molar refractivity (Wildman–Crippen MR) is 67.8 cm³/mol. The van der Waals surface area contributed by atoms with E-state index in [0.29, 0.717) is 5.02 Å². The Morgan fingerprint density at radius 1 is 1.29 bits per heavy atom. The fourth-order valence-electron chi connectivity index (χ4n) is 3.81. The highest BCUT2D eigenvalue weighted by Gasteiger charge is 2.56. The van der Waals surface area contributed by atoms with E-state index in [9.17, 15) is 5.26 Å². The first kappa shape index (κ1) is 11.1. The summed E-state index contributed by atoms with van der Waals surface area (Å²) in [6.45, 7) is 0. The lowest BCUT2D eigenvalue weighted by atomic mass is 9.47. The molecule has 0 atom stereocenters. The number of halogens is 1. The van der Waals surface area contributed by atoms with Crippen LogP contribution >= 0.6 is 11.6 Å². The van der Waals surface area contributed by atoms with Crippen molar-refractivity contribution in [3.8, 4) is 6.07 Å². The average molecular weight is 247 g/mol. The molecule has 0 spiro atoms. The number of benzene rings is 1. The lowest BCUT2D eigenvalue weighted by Crippen LogP contribution is -2.63. The van der Waals surface area contributed by atoms with E-state index in [4.69, 9.17) is 17.3 Å². The van der Waals surface area contributed by atoms with Gasteiger partial charge in [-0.05, 0) is 49.4 Å². The Hall–Kier alpha value is -1.04. The molecule has 1 aromatic rings. The van der Waals surface area contributed by atoms with Gasteiger partial charge in [0, 0.05) is 16.0 Å². The van der Waals surface area contributed by atoms with E-state index in [0.717, 1.165) is 43.2 Å². The lowest BCUT2D eigenvalue weighted by Gasteiger charge is -2.59. The zero-order valence-electron chi connectivity index (χ0n) is 9.67. The normalized spacial score (nSPS) is 34.9. The Morgan fingerprint density at radius 3 is 2.71 bits per heavy atom. The average Bonchev–Trinajstić information content (AvgIpc) is 2.27. The third-order valence-corrected chi connectivity index (χ3v) is 4.62. The summed E-state index contributed by atoms with van der Waals surface area (Å²) in [4.78, 5) is 0. The molecule has 0 amide bonds. The minimum absolute atomic E-state index is 0.0211. The van der Waals surface area contributed by atoms with Crippen LogP contribution in [0.1, 0.15) is 43.2 Å². The minimum atomic E-state index is 0.0211. The van der Waals surface area contributed by atoms with Crippen LogP contribution in [-0.2, 0) is 5.41 Å². The van der Waals surface area contributed by atoms with E-state index in [-0.39, 0.29) is 11.0 Å². The molecule has 0 heterocycles. The Morgan fingerprint density at radius 2 is 2.06 bits per heavy atom. The molecule has 0 radical (unpaired) electrons. The summed E-state index contributed by atoms with van der Waals surface area (Å²) in [6, 6.07) is 7.87. The molecule has 3 aliphatic carbocycles. The van der Waals surface area contributed by atoms with E-state index in [1.807, 2.05) is 12.1 Å². The summed E-state index contributed by atoms with van der Waals surface area (Å²) in [6.07, 6.45) is 5.44. The first-order valence-corrected chi connectivity index (χ1v) is 6.44. The molecule has 3 fully saturated rings. The number of nitrogens with two attached hydrogens (primary N) is 1. The van der Waals surface area contributed by atoms with Crippen LogP contribution in [0.3, 0.4) is 0 Å². The van der Waals surface area contributed by atoms with Crippen molar-refractivity contribution >= 4 is 11.6 Å². The molecule has 3 saturated carbocycles. The van der Waals surface area contributed by atoms with Gasteiger partial charge < -0.3 is 5.73 Å². The second-order valence-electron chi connectivity index (χ2n) is 5.65. The molecule has 0 aromatic heterocycles. The molecule has 88 valence electrons. The third kappa shape index (κ3) is 1.57. The largest absolute Gasteiger partial charge is 0.325 e. The summed E-state index contributed by atoms with van der Waals surface area (Å²) >= 11 is 6.07. The zero-order valence-corrected chi connectivity index (χ0v) is 10.4. The molecule has 4 rings (SSSR count). The molecule has 3 aliphatic rings. The summed E-state index contributed by atoms with van der Waals surface area (Å²) < 4.78 is 0. The standard InChI is InChI=1S/C14H15ClN2/c15-11-3-2-10(7-16)12(6-11)13-4-1-5-14(17,8-13)9-13/h2-3,6H,1,4-5,8-9,17H2. The van der Waals surface area contributed by atoms with Gasteiger partial charge in [0.25, 0.3) is 0 Å². The Kier molecular flexibility index (Phi) is 2.26. The van der Waals surface area contributed by atoms with Crippen molar-refractivity contribution in [2.45, 2.75) is 43.1 Å². The highest BCUT2D eigenvalue weighted by atomic mass is 35.5. The predicted octanol–water partition coefficient (Wildman–Crippen LogP) is 3.12. The van der Waals surface area contributed by atoms with E-state index in [1.54, 1.807) is 6.07 Å². The van der Waals surface area contributed by atoms with Crippen LogP contribution in [0.15, 0.2) is 18.2 Å². The smallest absolute Gasteiger partial charge is 0.0994 e. The molecule has 17 heavy (non-hydrogen) atoms. The number of hydrogen-bond donors (Lipinski definition) is 1. The van der Waals surface area contributed by atoms with Crippen molar-refractivity contribution in [1.82, 2.24) is 0 Å². The van der Waals surface area contributed by atoms with Crippen molar-refractivity contribution in [2.75, 3.05) is 0 Å². The van der Waals surface area contributed by atoms with Crippen LogP contribution in [0.4, 0.5) is 0 Å². The second-order valence-corrected chi connectivity index (χ2v) is 6.09. The van der Waals surface area contributed by atoms with Crippen LogP contribution in [0.2, 0.25) is 5.02 Å². The van der Waals surface area contributed by atoms with E-state index < -0.39 is 0 Å². The van der Waals surface area contributed by atoms with Crippen LogP contribution in [0.25, 0.3) is 0 Å². The molecular formula is C14H15ClN2. The van der Waals surface area contributed by atoms with Gasteiger partial charge in [-0.25, -0.2) is 0 Å². The summed E-state index contributed by atoms with van der Waals surface area (Å²) in [5.74, 6) is 0. The maximum absolute atomic E-state index is 9.21. The number of hydrogen-bond acceptors (Lipinski definition) is 2. The molecule has 0 unspecified atom stereocenters. The molecule has 2 bridgehead atoms. The summed E-state index contributed by atoms with van der Waals surface area (Å²) in [7, 11) is 0. The maximum atomic E-state index is 9.21. The number of nitrogens with zero attached hydrogens (tertiary/aromatic N) is 1. The van der Waals surface area contributed by atoms with Gasteiger partial charge in [0.2, 0.25) is 0 Å². The zero-order chi connectivity index (χ0) is 12.1. The van der Waals surface area contributed by atoms with Gasteiger partial charge in [0.15, 0.2) is 0 Å². The fraction of sp³-hybridized carbons (Fsp3) is 0.500. The van der Waals surface area contributed by atoms with Gasteiger partial charge in [0.1, 0.15) is 0 Å². The highest BCUT2D eigenvalue weighted by molar-refractivity contribution is 6.30. The Bertz CT molecular complexity index is 509. The lowest BCUT2D eigenvalue weighted by molar-refractivity contribution is 0.0389. The SMILES string of the molecule is N#Cc1ccc(Cl)cc1C12CCCC(N)(C1)C2. The number of rotatable bonds is 1. The van der Waals surface area contributed by atoms with Crippen molar-refractivity contribution in [3.63, 3.8) is 0 Å². The summed E-state index contributed by atoms with van der Waals surface area (Å²) in [5.41, 5.74) is 8.31. The fourth-order valence-corrected chi connectivity index (χ4v) is 3.98. The first-order chi connectivity index (χ1) is 8.07. The maximum Gasteiger partial charge on any atom is 0.0994 e. The van der Waals surface area contributed by atoms with E-state index in [2.05, 4.69) is 6.07 Å². The van der Waals surface area contributed by atoms with Gasteiger partial charge >= 0.3 is 0 Å². The van der Waals surface area contributed by atoms with Crippen LogP contribution < -0.4 is 5.73 Å². The van der Waals surface area contributed by atoms with E-state index >= 15 is 0 Å². The minimum Gasteiger partial charge on any atom is -0.325 e. The van der Waals surface area contributed by atoms with Crippen molar-refractivity contribution in [1.29, 1.82) is 5.26 Å². The van der Waals surface area contributed by atoms with Crippen LogP contribution in [0.5, 0.6) is 0 Å². The van der Waals surface area contributed by atoms with Gasteiger partial charge in [-0.2, -0.15) is 5.26 Å². The summed E-state index contributed by atoms with van der Waals surface area (Å²) in [5, 5.41) is 9.93. The van der Waals surface area contributed by atoms with Crippen molar-refractivity contribution in [2.24, 2.45) is 5.73 Å². The molecule has 0 aliphatic heterocycles. The second kappa shape index (κ2) is 3.48. The molecular weight excluding hydrogens is 232 g/mol. The monoisotopic (exact) mass is 246 g/mol.